The lowest BCUT2D eigenvalue weighted by Gasteiger charge is -2.27. The maximum atomic E-state index is 12.1. The molecule has 3 rings (SSSR count). The van der Waals surface area contributed by atoms with Crippen LogP contribution in [0.15, 0.2) is 41.4 Å². The van der Waals surface area contributed by atoms with Crippen molar-refractivity contribution in [2.75, 3.05) is 11.1 Å². The largest absolute Gasteiger partial charge is 0.375 e. The van der Waals surface area contributed by atoms with Crippen LogP contribution in [0, 0.1) is 6.92 Å². The molecular weight excluding hydrogens is 308 g/mol. The van der Waals surface area contributed by atoms with Crippen molar-refractivity contribution in [1.82, 2.24) is 4.98 Å². The van der Waals surface area contributed by atoms with Crippen LogP contribution in [0.2, 0.25) is 5.15 Å². The molecule has 1 N–H and O–H groups in total. The second kappa shape index (κ2) is 5.31. The molecular formula is C15H15ClN2O2S. The van der Waals surface area contributed by atoms with Crippen molar-refractivity contribution in [3.8, 4) is 0 Å². The molecule has 1 unspecified atom stereocenters. The number of rotatable bonds is 2. The SMILES string of the molecule is Cc1ccnc(Cl)c1NC1CCS(=O)(=O)c2ccccc21. The van der Waals surface area contributed by atoms with Crippen molar-refractivity contribution < 1.29 is 8.42 Å². The number of hydrogen-bond acceptors (Lipinski definition) is 4. The fourth-order valence-corrected chi connectivity index (χ4v) is 4.49. The summed E-state index contributed by atoms with van der Waals surface area (Å²) in [6.45, 7) is 1.95. The number of pyridine rings is 1. The Morgan fingerprint density at radius 3 is 2.81 bits per heavy atom. The molecule has 0 saturated carbocycles. The normalized spacial score (nSPS) is 19.8. The standard InChI is InChI=1S/C15H15ClN2O2S/c1-10-6-8-17-15(16)14(10)18-12-7-9-21(19,20)13-5-3-2-4-11(12)13/h2-6,8,12,18H,7,9H2,1H3. The van der Waals surface area contributed by atoms with Crippen LogP contribution in [-0.4, -0.2) is 19.2 Å². The minimum atomic E-state index is -3.18. The first-order chi connectivity index (χ1) is 9.99. The first-order valence-electron chi connectivity index (χ1n) is 6.68. The van der Waals surface area contributed by atoms with E-state index in [-0.39, 0.29) is 11.8 Å². The zero-order chi connectivity index (χ0) is 15.0. The van der Waals surface area contributed by atoms with E-state index in [0.29, 0.717) is 16.5 Å². The third-order valence-electron chi connectivity index (χ3n) is 3.74. The zero-order valence-corrected chi connectivity index (χ0v) is 13.1. The molecule has 0 spiro atoms. The summed E-state index contributed by atoms with van der Waals surface area (Å²) in [5, 5.41) is 3.76. The minimum absolute atomic E-state index is 0.0786. The first kappa shape index (κ1) is 14.4. The summed E-state index contributed by atoms with van der Waals surface area (Å²) in [4.78, 5) is 4.48. The molecule has 21 heavy (non-hydrogen) atoms. The molecule has 0 saturated heterocycles. The fourth-order valence-electron chi connectivity index (χ4n) is 2.61. The van der Waals surface area contributed by atoms with Gasteiger partial charge in [0.1, 0.15) is 0 Å². The van der Waals surface area contributed by atoms with Crippen LogP contribution in [-0.2, 0) is 9.84 Å². The topological polar surface area (TPSA) is 59.1 Å². The highest BCUT2D eigenvalue weighted by Gasteiger charge is 2.30. The van der Waals surface area contributed by atoms with E-state index in [0.717, 1.165) is 16.8 Å². The Balaban J connectivity index is 2.02. The van der Waals surface area contributed by atoms with Crippen molar-refractivity contribution >= 4 is 27.1 Å². The molecule has 1 aromatic carbocycles. The van der Waals surface area contributed by atoms with Gasteiger partial charge in [0.15, 0.2) is 15.0 Å². The smallest absolute Gasteiger partial charge is 0.178 e. The first-order valence-corrected chi connectivity index (χ1v) is 8.71. The zero-order valence-electron chi connectivity index (χ0n) is 11.5. The molecule has 1 aliphatic rings. The number of halogens is 1. The molecule has 0 bridgehead atoms. The molecule has 1 atom stereocenters. The van der Waals surface area contributed by atoms with Crippen LogP contribution in [0.25, 0.3) is 0 Å². The van der Waals surface area contributed by atoms with E-state index in [4.69, 9.17) is 11.6 Å². The van der Waals surface area contributed by atoms with Crippen LogP contribution in [0.1, 0.15) is 23.6 Å². The number of aryl methyl sites for hydroxylation is 1. The van der Waals surface area contributed by atoms with Crippen molar-refractivity contribution in [3.05, 3.63) is 52.8 Å². The van der Waals surface area contributed by atoms with Gasteiger partial charge in [-0.2, -0.15) is 0 Å². The van der Waals surface area contributed by atoms with Gasteiger partial charge in [0, 0.05) is 6.20 Å². The van der Waals surface area contributed by atoms with Crippen LogP contribution in [0.4, 0.5) is 5.69 Å². The Hall–Kier alpha value is -1.59. The number of benzene rings is 1. The van der Waals surface area contributed by atoms with Crippen LogP contribution < -0.4 is 5.32 Å². The average Bonchev–Trinajstić information content (AvgIpc) is 2.45. The van der Waals surface area contributed by atoms with Crippen molar-refractivity contribution in [1.29, 1.82) is 0 Å². The maximum Gasteiger partial charge on any atom is 0.178 e. The number of aromatic nitrogens is 1. The lowest BCUT2D eigenvalue weighted by Crippen LogP contribution is -2.25. The highest BCUT2D eigenvalue weighted by molar-refractivity contribution is 7.91. The molecule has 110 valence electrons. The van der Waals surface area contributed by atoms with Gasteiger partial charge in [-0.05, 0) is 36.6 Å². The van der Waals surface area contributed by atoms with E-state index in [1.165, 1.54) is 0 Å². The van der Waals surface area contributed by atoms with Gasteiger partial charge in [0.05, 0.1) is 22.4 Å². The van der Waals surface area contributed by atoms with Crippen LogP contribution >= 0.6 is 11.6 Å². The molecule has 0 amide bonds. The van der Waals surface area contributed by atoms with Crippen LogP contribution in [0.5, 0.6) is 0 Å². The summed E-state index contributed by atoms with van der Waals surface area (Å²) in [6.07, 6.45) is 2.17. The summed E-state index contributed by atoms with van der Waals surface area (Å²) >= 11 is 6.14. The van der Waals surface area contributed by atoms with E-state index in [2.05, 4.69) is 10.3 Å². The molecule has 4 nitrogen and oxygen atoms in total. The second-order valence-electron chi connectivity index (χ2n) is 5.14. The number of fused-ring (bicyclic) bond motifs is 1. The number of nitrogens with zero attached hydrogens (tertiary/aromatic N) is 1. The number of hydrogen-bond donors (Lipinski definition) is 1. The summed E-state index contributed by atoms with van der Waals surface area (Å²) in [7, 11) is -3.18. The molecule has 1 aliphatic heterocycles. The lowest BCUT2D eigenvalue weighted by molar-refractivity contribution is 0.576. The second-order valence-corrected chi connectivity index (χ2v) is 7.57. The average molecular weight is 323 g/mol. The third-order valence-corrected chi connectivity index (χ3v) is 5.84. The van der Waals surface area contributed by atoms with Crippen molar-refractivity contribution in [2.24, 2.45) is 0 Å². The Morgan fingerprint density at radius 2 is 2.05 bits per heavy atom. The highest BCUT2D eigenvalue weighted by Crippen LogP contribution is 2.36. The van der Waals surface area contributed by atoms with E-state index >= 15 is 0 Å². The molecule has 2 aromatic rings. The summed E-state index contributed by atoms with van der Waals surface area (Å²) < 4.78 is 24.3. The van der Waals surface area contributed by atoms with E-state index in [1.807, 2.05) is 25.1 Å². The number of sulfone groups is 1. The molecule has 0 fully saturated rings. The molecule has 2 heterocycles. The monoisotopic (exact) mass is 322 g/mol. The number of anilines is 1. The summed E-state index contributed by atoms with van der Waals surface area (Å²) in [5.41, 5.74) is 2.54. The summed E-state index contributed by atoms with van der Waals surface area (Å²) in [6, 6.07) is 8.91. The van der Waals surface area contributed by atoms with Gasteiger partial charge >= 0.3 is 0 Å². The fraction of sp³-hybridized carbons (Fsp3) is 0.267. The predicted octanol–water partition coefficient (Wildman–Crippen LogP) is 3.37. The number of nitrogens with one attached hydrogen (secondary N) is 1. The Morgan fingerprint density at radius 1 is 1.29 bits per heavy atom. The molecule has 1 aromatic heterocycles. The Bertz CT molecular complexity index is 770. The van der Waals surface area contributed by atoms with E-state index in [9.17, 15) is 8.42 Å². The van der Waals surface area contributed by atoms with Gasteiger partial charge in [0.2, 0.25) is 0 Å². The predicted molar refractivity (Wildman–Crippen MR) is 83.5 cm³/mol. The molecule has 6 heteroatoms. The lowest BCUT2D eigenvalue weighted by atomic mass is 10.0. The quantitative estimate of drug-likeness (QED) is 0.861. The van der Waals surface area contributed by atoms with Gasteiger partial charge in [-0.15, -0.1) is 0 Å². The highest BCUT2D eigenvalue weighted by atomic mass is 35.5. The van der Waals surface area contributed by atoms with Crippen molar-refractivity contribution in [2.45, 2.75) is 24.3 Å². The Kier molecular flexibility index (Phi) is 3.63. The van der Waals surface area contributed by atoms with Gasteiger partial charge < -0.3 is 5.32 Å². The van der Waals surface area contributed by atoms with Crippen LogP contribution in [0.3, 0.4) is 0 Å². The van der Waals surface area contributed by atoms with Gasteiger partial charge in [0.25, 0.3) is 0 Å². The minimum Gasteiger partial charge on any atom is -0.375 e. The van der Waals surface area contributed by atoms with Gasteiger partial charge in [-0.25, -0.2) is 13.4 Å². The molecule has 0 aliphatic carbocycles. The van der Waals surface area contributed by atoms with Gasteiger partial charge in [-0.3, -0.25) is 0 Å². The maximum absolute atomic E-state index is 12.1. The molecule has 0 radical (unpaired) electrons. The van der Waals surface area contributed by atoms with Crippen molar-refractivity contribution in [3.63, 3.8) is 0 Å². The summed E-state index contributed by atoms with van der Waals surface area (Å²) in [5.74, 6) is 0.138. The van der Waals surface area contributed by atoms with Gasteiger partial charge in [-0.1, -0.05) is 29.8 Å². The van der Waals surface area contributed by atoms with E-state index < -0.39 is 9.84 Å². The Labute approximate surface area is 129 Å². The third kappa shape index (κ3) is 2.63. The van der Waals surface area contributed by atoms with E-state index in [1.54, 1.807) is 18.3 Å².